The molecule has 0 N–H and O–H groups in total. The van der Waals surface area contributed by atoms with E-state index in [9.17, 15) is 9.59 Å². The van der Waals surface area contributed by atoms with Crippen LogP contribution in [0, 0.1) is 0 Å². The van der Waals surface area contributed by atoms with Crippen LogP contribution in [0.3, 0.4) is 0 Å². The van der Waals surface area contributed by atoms with E-state index in [0.29, 0.717) is 17.7 Å². The van der Waals surface area contributed by atoms with Crippen molar-refractivity contribution in [2.24, 2.45) is 0 Å². The normalized spacial score (nSPS) is 16.8. The number of para-hydroxylation sites is 1. The summed E-state index contributed by atoms with van der Waals surface area (Å²) in [7, 11) is 1.33. The third-order valence-corrected chi connectivity index (χ3v) is 4.10. The molecule has 1 atom stereocenters. The van der Waals surface area contributed by atoms with Gasteiger partial charge in [-0.15, -0.1) is 0 Å². The minimum Gasteiger partial charge on any atom is -0.465 e. The van der Waals surface area contributed by atoms with Gasteiger partial charge >= 0.3 is 12.1 Å². The molecule has 1 heterocycles. The van der Waals surface area contributed by atoms with Gasteiger partial charge < -0.3 is 9.47 Å². The molecule has 5 heteroatoms. The third kappa shape index (κ3) is 5.48. The highest BCUT2D eigenvalue weighted by atomic mass is 16.6. The monoisotopic (exact) mass is 343 g/mol. The van der Waals surface area contributed by atoms with Gasteiger partial charge in [0.2, 0.25) is 0 Å². The molecule has 1 amide bonds. The maximum absolute atomic E-state index is 12.7. The van der Waals surface area contributed by atoms with E-state index < -0.39 is 12.1 Å². The molecule has 134 valence electrons. The van der Waals surface area contributed by atoms with Crippen molar-refractivity contribution in [2.45, 2.75) is 45.1 Å². The van der Waals surface area contributed by atoms with E-state index in [2.05, 4.69) is 6.92 Å². The van der Waals surface area contributed by atoms with Gasteiger partial charge in [0.25, 0.3) is 0 Å². The number of unbranched alkanes of at least 4 members (excludes halogenated alkanes) is 2. The lowest BCUT2D eigenvalue weighted by atomic mass is 10.0. The second-order valence-electron chi connectivity index (χ2n) is 5.95. The van der Waals surface area contributed by atoms with Crippen molar-refractivity contribution in [3.8, 4) is 5.75 Å². The first-order valence-corrected chi connectivity index (χ1v) is 8.67. The van der Waals surface area contributed by atoms with Crippen LogP contribution < -0.4 is 4.74 Å². The van der Waals surface area contributed by atoms with Gasteiger partial charge in [0.15, 0.2) is 0 Å². The fraction of sp³-hybridized carbons (Fsp3) is 0.400. The second kappa shape index (κ2) is 9.67. The van der Waals surface area contributed by atoms with Gasteiger partial charge in [0, 0.05) is 12.2 Å². The first kappa shape index (κ1) is 18.8. The zero-order valence-electron chi connectivity index (χ0n) is 14.8. The van der Waals surface area contributed by atoms with E-state index in [1.54, 1.807) is 30.3 Å². The molecule has 0 saturated heterocycles. The average molecular weight is 343 g/mol. The Morgan fingerprint density at radius 2 is 1.96 bits per heavy atom. The summed E-state index contributed by atoms with van der Waals surface area (Å²) in [5.74, 6) is 0.00741. The number of benzene rings is 1. The number of hydrogen-bond donors (Lipinski definition) is 0. The summed E-state index contributed by atoms with van der Waals surface area (Å²) < 4.78 is 10.3. The predicted octanol–water partition coefficient (Wildman–Crippen LogP) is 4.45. The minimum atomic E-state index is -0.488. The smallest absolute Gasteiger partial charge is 0.419 e. The lowest BCUT2D eigenvalue weighted by Gasteiger charge is -2.27. The van der Waals surface area contributed by atoms with Crippen molar-refractivity contribution in [3.05, 3.63) is 54.3 Å². The molecule has 1 aliphatic rings. The molecule has 1 aromatic carbocycles. The molecule has 5 nitrogen and oxygen atoms in total. The molecule has 1 aliphatic heterocycles. The number of hydrogen-bond acceptors (Lipinski definition) is 4. The number of nitrogens with zero attached hydrogens (tertiary/aromatic N) is 1. The molecule has 0 saturated carbocycles. The molecule has 0 fully saturated rings. The molecule has 2 rings (SSSR count). The number of methoxy groups -OCH3 is 1. The van der Waals surface area contributed by atoms with Crippen molar-refractivity contribution in [3.63, 3.8) is 0 Å². The molecule has 1 aromatic rings. The molecule has 0 aromatic heterocycles. The van der Waals surface area contributed by atoms with Crippen molar-refractivity contribution in [2.75, 3.05) is 7.11 Å². The summed E-state index contributed by atoms with van der Waals surface area (Å²) in [5, 5.41) is 0. The van der Waals surface area contributed by atoms with E-state index in [1.165, 1.54) is 18.2 Å². The molecule has 0 radical (unpaired) electrons. The zero-order chi connectivity index (χ0) is 18.1. The Labute approximate surface area is 148 Å². The Kier molecular flexibility index (Phi) is 7.26. The number of carbonyl (C=O) groups excluding carboxylic acids is 2. The third-order valence-electron chi connectivity index (χ3n) is 4.10. The Hall–Kier alpha value is -2.56. The van der Waals surface area contributed by atoms with Gasteiger partial charge in [-0.2, -0.15) is 0 Å². The summed E-state index contributed by atoms with van der Waals surface area (Å²) in [6.45, 7) is 2.14. The van der Waals surface area contributed by atoms with Gasteiger partial charge in [-0.1, -0.05) is 56.5 Å². The van der Waals surface area contributed by atoms with Crippen LogP contribution in [0.25, 0.3) is 0 Å². The lowest BCUT2D eigenvalue weighted by Crippen LogP contribution is -2.38. The highest BCUT2D eigenvalue weighted by Gasteiger charge is 2.26. The lowest BCUT2D eigenvalue weighted by molar-refractivity contribution is -0.135. The fourth-order valence-electron chi connectivity index (χ4n) is 2.73. The van der Waals surface area contributed by atoms with Crippen molar-refractivity contribution >= 4 is 12.1 Å². The Balaban J connectivity index is 2.20. The molecule has 0 spiro atoms. The first-order valence-electron chi connectivity index (χ1n) is 8.67. The minimum absolute atomic E-state index is 0.0406. The van der Waals surface area contributed by atoms with E-state index in [-0.39, 0.29) is 6.04 Å². The van der Waals surface area contributed by atoms with Crippen molar-refractivity contribution < 1.29 is 19.1 Å². The topological polar surface area (TPSA) is 55.8 Å². The molecule has 0 aliphatic carbocycles. The van der Waals surface area contributed by atoms with Crippen LogP contribution in [0.4, 0.5) is 4.79 Å². The molecule has 1 unspecified atom stereocenters. The van der Waals surface area contributed by atoms with Crippen LogP contribution in [0.5, 0.6) is 5.75 Å². The number of carbonyl (C=O) groups is 2. The quantitative estimate of drug-likeness (QED) is 0.565. The molecule has 25 heavy (non-hydrogen) atoms. The predicted molar refractivity (Wildman–Crippen MR) is 96.1 cm³/mol. The SMILES string of the molecule is CCCCCC1CC=CC(C(=O)OC)=CN1C(=O)Oc1ccccc1. The fourth-order valence-corrected chi connectivity index (χ4v) is 2.73. The van der Waals surface area contributed by atoms with Crippen molar-refractivity contribution in [1.29, 1.82) is 0 Å². The summed E-state index contributed by atoms with van der Waals surface area (Å²) in [4.78, 5) is 26.1. The highest BCUT2D eigenvalue weighted by molar-refractivity contribution is 5.92. The van der Waals surface area contributed by atoms with Crippen LogP contribution in [-0.4, -0.2) is 30.1 Å². The van der Waals surface area contributed by atoms with Gasteiger partial charge in [-0.25, -0.2) is 9.59 Å². The van der Waals surface area contributed by atoms with Gasteiger partial charge in [-0.3, -0.25) is 4.90 Å². The largest absolute Gasteiger partial charge is 0.465 e. The summed E-state index contributed by atoms with van der Waals surface area (Å²) >= 11 is 0. The molecule has 0 bridgehead atoms. The van der Waals surface area contributed by atoms with E-state index in [0.717, 1.165) is 25.7 Å². The molecular formula is C20H25NO4. The number of ether oxygens (including phenoxy) is 2. The number of rotatable bonds is 6. The van der Waals surface area contributed by atoms with Gasteiger partial charge in [0.1, 0.15) is 5.75 Å². The van der Waals surface area contributed by atoms with Gasteiger partial charge in [0.05, 0.1) is 12.7 Å². The number of amides is 1. The first-order chi connectivity index (χ1) is 12.2. The Bertz CT molecular complexity index is 636. The average Bonchev–Trinajstić information content (AvgIpc) is 2.85. The van der Waals surface area contributed by atoms with Crippen LogP contribution in [-0.2, 0) is 9.53 Å². The molecular weight excluding hydrogens is 318 g/mol. The van der Waals surface area contributed by atoms with Crippen LogP contribution in [0.2, 0.25) is 0 Å². The van der Waals surface area contributed by atoms with E-state index in [1.807, 2.05) is 12.1 Å². The maximum Gasteiger partial charge on any atom is 0.419 e. The summed E-state index contributed by atoms with van der Waals surface area (Å²) in [6, 6.07) is 8.88. The van der Waals surface area contributed by atoms with E-state index >= 15 is 0 Å². The summed E-state index contributed by atoms with van der Waals surface area (Å²) in [6.07, 6.45) is 9.43. The Morgan fingerprint density at radius 1 is 1.20 bits per heavy atom. The highest BCUT2D eigenvalue weighted by Crippen LogP contribution is 2.22. The van der Waals surface area contributed by atoms with Crippen LogP contribution in [0.1, 0.15) is 39.0 Å². The van der Waals surface area contributed by atoms with Crippen molar-refractivity contribution in [1.82, 2.24) is 4.90 Å². The van der Waals surface area contributed by atoms with Crippen LogP contribution in [0.15, 0.2) is 54.3 Å². The maximum atomic E-state index is 12.7. The zero-order valence-corrected chi connectivity index (χ0v) is 14.8. The van der Waals surface area contributed by atoms with Gasteiger partial charge in [-0.05, 0) is 25.0 Å². The summed E-state index contributed by atoms with van der Waals surface area (Å²) in [5.41, 5.74) is 0.338. The van der Waals surface area contributed by atoms with Crippen LogP contribution >= 0.6 is 0 Å². The standard InChI is InChI=1S/C20H25NO4/c1-3-4-6-11-17-12-9-10-16(19(22)24-2)15-21(17)20(23)25-18-13-7-5-8-14-18/h5,7-10,13-15,17H,3-4,6,11-12H2,1-2H3. The second-order valence-corrected chi connectivity index (χ2v) is 5.95. The van der Waals surface area contributed by atoms with E-state index in [4.69, 9.17) is 9.47 Å². The number of esters is 1. The Morgan fingerprint density at radius 3 is 2.64 bits per heavy atom.